The zero-order chi connectivity index (χ0) is 16.9. The van der Waals surface area contributed by atoms with Gasteiger partial charge in [0, 0.05) is 17.1 Å². The minimum absolute atomic E-state index is 0.0635. The van der Waals surface area contributed by atoms with E-state index < -0.39 is 6.04 Å². The molecule has 1 N–H and O–H groups in total. The van der Waals surface area contributed by atoms with E-state index in [4.69, 9.17) is 0 Å². The summed E-state index contributed by atoms with van der Waals surface area (Å²) in [5.74, 6) is 0.534. The molecule has 2 fully saturated rings. The zero-order valence-corrected chi connectivity index (χ0v) is 15.2. The fourth-order valence-electron chi connectivity index (χ4n) is 3.98. The monoisotopic (exact) mass is 361 g/mol. The lowest BCUT2D eigenvalue weighted by Crippen LogP contribution is -2.48. The molecule has 0 radical (unpaired) electrons. The largest absolute Gasteiger partial charge is 0.315 e. The van der Waals surface area contributed by atoms with Gasteiger partial charge in [0.15, 0.2) is 0 Å². The quantitative estimate of drug-likeness (QED) is 0.879. The summed E-state index contributed by atoms with van der Waals surface area (Å²) in [6.07, 6.45) is 5.48. The van der Waals surface area contributed by atoms with Crippen molar-refractivity contribution in [2.75, 3.05) is 11.1 Å². The van der Waals surface area contributed by atoms with Crippen molar-refractivity contribution in [1.82, 2.24) is 4.90 Å². The zero-order valence-electron chi connectivity index (χ0n) is 13.6. The van der Waals surface area contributed by atoms with Gasteiger partial charge < -0.3 is 10.2 Å². The van der Waals surface area contributed by atoms with Crippen LogP contribution in [0.1, 0.15) is 48.6 Å². The van der Waals surface area contributed by atoms with Crippen LogP contribution in [0.3, 0.4) is 0 Å². The number of nitriles is 1. The third-order valence-corrected chi connectivity index (χ3v) is 7.98. The highest BCUT2D eigenvalue weighted by atomic mass is 32.2. The Labute approximate surface area is 149 Å². The van der Waals surface area contributed by atoms with Gasteiger partial charge in [-0.15, -0.1) is 23.1 Å². The number of hydrogen-bond donors (Lipinski definition) is 1. The van der Waals surface area contributed by atoms with E-state index in [1.807, 2.05) is 6.92 Å². The van der Waals surface area contributed by atoms with Crippen molar-refractivity contribution in [2.24, 2.45) is 0 Å². The highest BCUT2D eigenvalue weighted by Gasteiger charge is 2.53. The van der Waals surface area contributed by atoms with Gasteiger partial charge in [-0.25, -0.2) is 0 Å². The van der Waals surface area contributed by atoms with Crippen LogP contribution in [0, 0.1) is 11.3 Å². The summed E-state index contributed by atoms with van der Waals surface area (Å²) in [4.78, 5) is 27.7. The maximum atomic E-state index is 12.8. The van der Waals surface area contributed by atoms with E-state index in [-0.39, 0.29) is 16.7 Å². The van der Waals surface area contributed by atoms with E-state index >= 15 is 0 Å². The molecule has 0 spiro atoms. The molecule has 1 aromatic rings. The molecule has 3 aliphatic rings. The average molecular weight is 361 g/mol. The molecule has 24 heavy (non-hydrogen) atoms. The SMILES string of the molecule is C[C@]12CCC(=O)N1[C@H](C(=O)Nc1sc3c(c1C#N)CCCC3)CS2. The van der Waals surface area contributed by atoms with Gasteiger partial charge in [0.2, 0.25) is 11.8 Å². The van der Waals surface area contributed by atoms with Crippen LogP contribution >= 0.6 is 23.1 Å². The number of aryl methyl sites for hydroxylation is 1. The second-order valence-corrected chi connectivity index (χ2v) is 9.39. The number of nitrogens with one attached hydrogen (secondary N) is 1. The Kier molecular flexibility index (Phi) is 3.85. The summed E-state index contributed by atoms with van der Waals surface area (Å²) in [6.45, 7) is 2.04. The number of rotatable bonds is 2. The lowest BCUT2D eigenvalue weighted by molar-refractivity contribution is -0.135. The number of anilines is 1. The molecule has 2 saturated heterocycles. The standard InChI is InChI=1S/C17H19N3O2S2/c1-17-7-6-14(21)20(17)12(9-23-17)15(22)19-16-11(8-18)10-4-2-3-5-13(10)24-16/h12H,2-7,9H2,1H3,(H,19,22)/t12-,17-/m0/s1. The van der Waals surface area contributed by atoms with Gasteiger partial charge in [0.25, 0.3) is 0 Å². The van der Waals surface area contributed by atoms with Crippen LogP contribution in [-0.4, -0.2) is 33.4 Å². The number of fused-ring (bicyclic) bond motifs is 2. The van der Waals surface area contributed by atoms with Crippen LogP contribution in [0.15, 0.2) is 0 Å². The number of thioether (sulfide) groups is 1. The van der Waals surface area contributed by atoms with Crippen LogP contribution in [-0.2, 0) is 22.4 Å². The predicted molar refractivity (Wildman–Crippen MR) is 95.0 cm³/mol. The van der Waals surface area contributed by atoms with E-state index in [0.717, 1.165) is 37.7 Å². The summed E-state index contributed by atoms with van der Waals surface area (Å²) in [5, 5.41) is 13.1. The van der Waals surface area contributed by atoms with Crippen molar-refractivity contribution in [3.05, 3.63) is 16.0 Å². The maximum absolute atomic E-state index is 12.8. The summed E-state index contributed by atoms with van der Waals surface area (Å²) in [6, 6.07) is 1.84. The Bertz CT molecular complexity index is 767. The first kappa shape index (κ1) is 16.0. The molecule has 5 nitrogen and oxygen atoms in total. The first-order valence-corrected chi connectivity index (χ1v) is 10.2. The van der Waals surface area contributed by atoms with E-state index in [9.17, 15) is 14.9 Å². The normalized spacial score (nSPS) is 28.4. The van der Waals surface area contributed by atoms with Crippen molar-refractivity contribution < 1.29 is 9.59 Å². The topological polar surface area (TPSA) is 73.2 Å². The number of carbonyl (C=O) groups excluding carboxylic acids is 2. The molecular formula is C17H19N3O2S2. The summed E-state index contributed by atoms with van der Waals surface area (Å²) >= 11 is 3.22. The smallest absolute Gasteiger partial charge is 0.248 e. The van der Waals surface area contributed by atoms with E-state index in [1.165, 1.54) is 16.2 Å². The van der Waals surface area contributed by atoms with Crippen molar-refractivity contribution in [3.63, 3.8) is 0 Å². The van der Waals surface area contributed by atoms with Crippen LogP contribution in [0.5, 0.6) is 0 Å². The fraction of sp³-hybridized carbons (Fsp3) is 0.588. The molecule has 0 bridgehead atoms. The summed E-state index contributed by atoms with van der Waals surface area (Å²) in [5.41, 5.74) is 1.75. The molecule has 126 valence electrons. The molecule has 2 atom stereocenters. The van der Waals surface area contributed by atoms with Gasteiger partial charge in [-0.05, 0) is 44.6 Å². The average Bonchev–Trinajstić information content (AvgIpc) is 3.18. The van der Waals surface area contributed by atoms with Crippen LogP contribution in [0.25, 0.3) is 0 Å². The number of amides is 2. The molecule has 0 saturated carbocycles. The van der Waals surface area contributed by atoms with Gasteiger partial charge in [0.05, 0.1) is 10.4 Å². The summed E-state index contributed by atoms with van der Waals surface area (Å²) < 4.78 is 0. The van der Waals surface area contributed by atoms with Crippen LogP contribution in [0.2, 0.25) is 0 Å². The van der Waals surface area contributed by atoms with Crippen molar-refractivity contribution in [3.8, 4) is 6.07 Å². The first-order valence-electron chi connectivity index (χ1n) is 8.35. The molecule has 2 amide bonds. The molecule has 4 rings (SSSR count). The first-order chi connectivity index (χ1) is 11.5. The Hall–Kier alpha value is -1.52. The molecule has 1 aromatic heterocycles. The maximum Gasteiger partial charge on any atom is 0.248 e. The van der Waals surface area contributed by atoms with Gasteiger partial charge in [-0.3, -0.25) is 9.59 Å². The highest BCUT2D eigenvalue weighted by molar-refractivity contribution is 8.01. The van der Waals surface area contributed by atoms with Crippen LogP contribution < -0.4 is 5.32 Å². The number of hydrogen-bond acceptors (Lipinski definition) is 5. The van der Waals surface area contributed by atoms with Gasteiger partial charge in [0.1, 0.15) is 17.1 Å². The molecule has 0 unspecified atom stereocenters. The molecule has 7 heteroatoms. The van der Waals surface area contributed by atoms with Crippen molar-refractivity contribution in [1.29, 1.82) is 5.26 Å². The lowest BCUT2D eigenvalue weighted by atomic mass is 9.96. The van der Waals surface area contributed by atoms with E-state index in [1.54, 1.807) is 16.7 Å². The van der Waals surface area contributed by atoms with Crippen molar-refractivity contribution in [2.45, 2.75) is 56.4 Å². The molecule has 3 heterocycles. The minimum atomic E-state index is -0.430. The Morgan fingerprint density at radius 2 is 2.17 bits per heavy atom. The summed E-state index contributed by atoms with van der Waals surface area (Å²) in [7, 11) is 0. The Balaban J connectivity index is 1.58. The van der Waals surface area contributed by atoms with Crippen molar-refractivity contribution >= 4 is 39.9 Å². The highest BCUT2D eigenvalue weighted by Crippen LogP contribution is 2.47. The van der Waals surface area contributed by atoms with E-state index in [0.29, 0.717) is 22.7 Å². The van der Waals surface area contributed by atoms with Gasteiger partial charge in [-0.1, -0.05) is 0 Å². The fourth-order valence-corrected chi connectivity index (χ4v) is 6.66. The van der Waals surface area contributed by atoms with Crippen LogP contribution in [0.4, 0.5) is 5.00 Å². The molecule has 1 aliphatic carbocycles. The molecular weight excluding hydrogens is 342 g/mol. The predicted octanol–water partition coefficient (Wildman–Crippen LogP) is 2.89. The molecule has 0 aromatic carbocycles. The lowest BCUT2D eigenvalue weighted by Gasteiger charge is -2.29. The number of nitrogens with zero attached hydrogens (tertiary/aromatic N) is 2. The Morgan fingerprint density at radius 3 is 2.96 bits per heavy atom. The number of carbonyl (C=O) groups is 2. The second kappa shape index (κ2) is 5.78. The van der Waals surface area contributed by atoms with Gasteiger partial charge in [-0.2, -0.15) is 5.26 Å². The third kappa shape index (κ3) is 2.35. The third-order valence-electron chi connectivity index (χ3n) is 5.27. The molecule has 2 aliphatic heterocycles. The number of thiophene rings is 1. The Morgan fingerprint density at radius 1 is 1.38 bits per heavy atom. The second-order valence-electron chi connectivity index (χ2n) is 6.78. The van der Waals surface area contributed by atoms with Gasteiger partial charge >= 0.3 is 0 Å². The minimum Gasteiger partial charge on any atom is -0.315 e. The van der Waals surface area contributed by atoms with E-state index in [2.05, 4.69) is 11.4 Å².